The number of benzene rings is 1. The molecule has 0 radical (unpaired) electrons. The second kappa shape index (κ2) is 4.85. The molecule has 15 heavy (non-hydrogen) atoms. The Hall–Kier alpha value is -2.23. The molecule has 4 N–H and O–H groups in total. The van der Waals surface area contributed by atoms with E-state index in [0.29, 0.717) is 5.69 Å². The van der Waals surface area contributed by atoms with Gasteiger partial charge in [-0.2, -0.15) is 0 Å². The molecule has 0 unspecified atom stereocenters. The van der Waals surface area contributed by atoms with Crippen LogP contribution >= 0.6 is 0 Å². The Morgan fingerprint density at radius 1 is 1.33 bits per heavy atom. The first-order valence-electron chi connectivity index (χ1n) is 4.26. The number of hydrogen-bond acceptors (Lipinski definition) is 3. The Balaban J connectivity index is 2.73. The summed E-state index contributed by atoms with van der Waals surface area (Å²) in [7, 11) is 0. The Morgan fingerprint density at radius 2 is 2.07 bits per heavy atom. The molecule has 0 aliphatic rings. The third-order valence-corrected chi connectivity index (χ3v) is 1.69. The van der Waals surface area contributed by atoms with Crippen LogP contribution in [0.4, 0.5) is 5.69 Å². The number of nitrogen functional groups attached to an aromatic ring is 1. The van der Waals surface area contributed by atoms with Crippen LogP contribution in [-0.4, -0.2) is 16.2 Å². The largest absolute Gasteiger partial charge is 0.506 e. The van der Waals surface area contributed by atoms with Gasteiger partial charge in [0, 0.05) is 6.08 Å². The number of phenols is 1. The van der Waals surface area contributed by atoms with Crippen LogP contribution in [0.1, 0.15) is 5.56 Å². The van der Waals surface area contributed by atoms with Crippen molar-refractivity contribution in [1.29, 1.82) is 0 Å². The van der Waals surface area contributed by atoms with Gasteiger partial charge in [-0.25, -0.2) is 4.79 Å². The zero-order chi connectivity index (χ0) is 11.3. The fraction of sp³-hybridized carbons (Fsp3) is 0. The maximum absolute atomic E-state index is 10.1. The first-order valence-corrected chi connectivity index (χ1v) is 4.26. The van der Waals surface area contributed by atoms with E-state index in [-0.39, 0.29) is 5.75 Å². The lowest BCUT2D eigenvalue weighted by atomic mass is 10.2. The molecule has 0 fully saturated rings. The monoisotopic (exact) mass is 205 g/mol. The molecule has 4 nitrogen and oxygen atoms in total. The lowest BCUT2D eigenvalue weighted by molar-refractivity contribution is -0.131. The Kier molecular flexibility index (Phi) is 3.51. The molecule has 0 heterocycles. The summed E-state index contributed by atoms with van der Waals surface area (Å²) in [6.07, 6.45) is 5.71. The molecule has 0 spiro atoms. The van der Waals surface area contributed by atoms with Crippen molar-refractivity contribution in [1.82, 2.24) is 0 Å². The van der Waals surface area contributed by atoms with Crippen molar-refractivity contribution in [3.8, 4) is 5.75 Å². The Morgan fingerprint density at radius 3 is 2.67 bits per heavy atom. The molecule has 0 aliphatic heterocycles. The number of carboxylic acids is 1. The molecule has 78 valence electrons. The minimum Gasteiger partial charge on any atom is -0.506 e. The van der Waals surface area contributed by atoms with Gasteiger partial charge in [-0.1, -0.05) is 24.3 Å². The lowest BCUT2D eigenvalue weighted by Crippen LogP contribution is -1.86. The van der Waals surface area contributed by atoms with Crippen molar-refractivity contribution in [2.24, 2.45) is 0 Å². The van der Waals surface area contributed by atoms with Crippen LogP contribution < -0.4 is 5.73 Å². The van der Waals surface area contributed by atoms with Crippen molar-refractivity contribution in [3.63, 3.8) is 0 Å². The highest BCUT2D eigenvalue weighted by molar-refractivity contribution is 5.80. The minimum atomic E-state index is -0.995. The number of hydrogen-bond donors (Lipinski definition) is 3. The summed E-state index contributed by atoms with van der Waals surface area (Å²) in [6.45, 7) is 0. The van der Waals surface area contributed by atoms with Gasteiger partial charge in [0.25, 0.3) is 0 Å². The SMILES string of the molecule is Nc1cc(/C=C/C=C/C(=O)O)ccc1O. The molecule has 1 aromatic carbocycles. The van der Waals surface area contributed by atoms with Gasteiger partial charge in [0.1, 0.15) is 5.75 Å². The van der Waals surface area contributed by atoms with Crippen molar-refractivity contribution in [3.05, 3.63) is 42.0 Å². The lowest BCUT2D eigenvalue weighted by Gasteiger charge is -1.98. The second-order valence-electron chi connectivity index (χ2n) is 2.87. The first-order chi connectivity index (χ1) is 7.09. The highest BCUT2D eigenvalue weighted by Crippen LogP contribution is 2.20. The van der Waals surface area contributed by atoms with Gasteiger partial charge in [-0.05, 0) is 17.7 Å². The number of carboxylic acid groups (broad SMARTS) is 1. The molecule has 0 saturated heterocycles. The number of phenolic OH excluding ortho intramolecular Hbond substituents is 1. The number of aromatic hydroxyl groups is 1. The normalized spacial score (nSPS) is 11.2. The van der Waals surface area contributed by atoms with Crippen molar-refractivity contribution in [2.45, 2.75) is 0 Å². The molecule has 1 aromatic rings. The van der Waals surface area contributed by atoms with Gasteiger partial charge in [0.2, 0.25) is 0 Å². The summed E-state index contributed by atoms with van der Waals surface area (Å²) in [5.41, 5.74) is 6.56. The van der Waals surface area contributed by atoms with E-state index in [1.807, 2.05) is 0 Å². The van der Waals surface area contributed by atoms with Crippen molar-refractivity contribution in [2.75, 3.05) is 5.73 Å². The number of carbonyl (C=O) groups is 1. The summed E-state index contributed by atoms with van der Waals surface area (Å²) in [5, 5.41) is 17.5. The number of aliphatic carboxylic acids is 1. The van der Waals surface area contributed by atoms with Crippen molar-refractivity contribution < 1.29 is 15.0 Å². The van der Waals surface area contributed by atoms with E-state index in [0.717, 1.165) is 11.6 Å². The molecule has 0 atom stereocenters. The van der Waals surface area contributed by atoms with Gasteiger partial charge in [0.05, 0.1) is 5.69 Å². The fourth-order valence-electron chi connectivity index (χ4n) is 0.981. The molecular formula is C11H11NO3. The third-order valence-electron chi connectivity index (χ3n) is 1.69. The zero-order valence-electron chi connectivity index (χ0n) is 7.92. The van der Waals surface area contributed by atoms with Crippen LogP contribution in [0.15, 0.2) is 36.4 Å². The summed E-state index contributed by atoms with van der Waals surface area (Å²) in [5.74, 6) is -0.960. The van der Waals surface area contributed by atoms with Crippen LogP contribution in [0.2, 0.25) is 0 Å². The van der Waals surface area contributed by atoms with Gasteiger partial charge in [-0.3, -0.25) is 0 Å². The fourth-order valence-corrected chi connectivity index (χ4v) is 0.981. The zero-order valence-corrected chi connectivity index (χ0v) is 7.92. The highest BCUT2D eigenvalue weighted by Gasteiger charge is 1.94. The molecule has 1 rings (SSSR count). The molecule has 4 heteroatoms. The highest BCUT2D eigenvalue weighted by atomic mass is 16.4. The van der Waals surface area contributed by atoms with E-state index in [9.17, 15) is 4.79 Å². The molecule has 0 bridgehead atoms. The average Bonchev–Trinajstić information content (AvgIpc) is 2.18. The number of nitrogens with two attached hydrogens (primary N) is 1. The summed E-state index contributed by atoms with van der Waals surface area (Å²) in [6, 6.07) is 4.76. The first kappa shape index (κ1) is 10.8. The molecular weight excluding hydrogens is 194 g/mol. The Bertz CT molecular complexity index is 422. The van der Waals surface area contributed by atoms with Crippen molar-refractivity contribution >= 4 is 17.7 Å². The minimum absolute atomic E-state index is 0.0354. The van der Waals surface area contributed by atoms with E-state index in [1.54, 1.807) is 24.3 Å². The van der Waals surface area contributed by atoms with Crippen LogP contribution in [0, 0.1) is 0 Å². The van der Waals surface area contributed by atoms with Gasteiger partial charge < -0.3 is 15.9 Å². The summed E-state index contributed by atoms with van der Waals surface area (Å²) < 4.78 is 0. The standard InChI is InChI=1S/C11H11NO3/c12-9-7-8(5-6-10(9)13)3-1-2-4-11(14)15/h1-7,13H,12H2,(H,14,15)/b3-1+,4-2+. The van der Waals surface area contributed by atoms with E-state index in [4.69, 9.17) is 15.9 Å². The van der Waals surface area contributed by atoms with Gasteiger partial charge in [0.15, 0.2) is 0 Å². The predicted molar refractivity (Wildman–Crippen MR) is 58.3 cm³/mol. The predicted octanol–water partition coefficient (Wildman–Crippen LogP) is 1.63. The second-order valence-corrected chi connectivity index (χ2v) is 2.87. The third kappa shape index (κ3) is 3.56. The van der Waals surface area contributed by atoms with Crippen LogP contribution in [0.25, 0.3) is 6.08 Å². The van der Waals surface area contributed by atoms with E-state index in [2.05, 4.69) is 0 Å². The van der Waals surface area contributed by atoms with E-state index < -0.39 is 5.97 Å². The summed E-state index contributed by atoms with van der Waals surface area (Å²) in [4.78, 5) is 10.1. The smallest absolute Gasteiger partial charge is 0.328 e. The number of rotatable bonds is 3. The number of anilines is 1. The summed E-state index contributed by atoms with van der Waals surface area (Å²) >= 11 is 0. The quantitative estimate of drug-likeness (QED) is 0.303. The molecule has 0 saturated carbocycles. The van der Waals surface area contributed by atoms with Crippen LogP contribution in [0.3, 0.4) is 0 Å². The van der Waals surface area contributed by atoms with Gasteiger partial charge >= 0.3 is 5.97 Å². The van der Waals surface area contributed by atoms with Crippen LogP contribution in [-0.2, 0) is 4.79 Å². The topological polar surface area (TPSA) is 83.6 Å². The van der Waals surface area contributed by atoms with Crippen LogP contribution in [0.5, 0.6) is 5.75 Å². The maximum Gasteiger partial charge on any atom is 0.328 e. The number of allylic oxidation sites excluding steroid dienone is 2. The molecule has 0 aromatic heterocycles. The van der Waals surface area contributed by atoms with E-state index in [1.165, 1.54) is 12.1 Å². The molecule has 0 aliphatic carbocycles. The molecule has 0 amide bonds. The average molecular weight is 205 g/mol. The Labute approximate surface area is 87.0 Å². The van der Waals surface area contributed by atoms with E-state index >= 15 is 0 Å². The maximum atomic E-state index is 10.1. The van der Waals surface area contributed by atoms with Gasteiger partial charge in [-0.15, -0.1) is 0 Å².